The van der Waals surface area contributed by atoms with Gasteiger partial charge in [0.15, 0.2) is 0 Å². The van der Waals surface area contributed by atoms with Crippen molar-refractivity contribution in [3.05, 3.63) is 60.5 Å². The third-order valence-electron chi connectivity index (χ3n) is 3.23. The van der Waals surface area contributed by atoms with Crippen LogP contribution in [0.4, 0.5) is 0 Å². The van der Waals surface area contributed by atoms with Gasteiger partial charge in [-0.1, -0.05) is 43.9 Å². The molecule has 0 bridgehead atoms. The van der Waals surface area contributed by atoms with E-state index in [0.29, 0.717) is 5.92 Å². The molecule has 0 fully saturated rings. The van der Waals surface area contributed by atoms with Crippen LogP contribution in [0.25, 0.3) is 5.57 Å². The second-order valence-electron chi connectivity index (χ2n) is 6.32. The van der Waals surface area contributed by atoms with Crippen LogP contribution in [0.3, 0.4) is 0 Å². The SMILES string of the molecule is C=C/C=C\C(=C/C)c1cccc(C(C)CNC(C)(C)C)n1. The van der Waals surface area contributed by atoms with Crippen molar-refractivity contribution in [3.63, 3.8) is 0 Å². The Hall–Kier alpha value is -1.67. The molecule has 0 aromatic carbocycles. The summed E-state index contributed by atoms with van der Waals surface area (Å²) in [6.07, 6.45) is 7.83. The maximum atomic E-state index is 4.80. The van der Waals surface area contributed by atoms with Gasteiger partial charge in [0.25, 0.3) is 0 Å². The second kappa shape index (κ2) is 7.94. The summed E-state index contributed by atoms with van der Waals surface area (Å²) in [7, 11) is 0. The predicted octanol–water partition coefficient (Wildman–Crippen LogP) is 4.72. The van der Waals surface area contributed by atoms with E-state index in [9.17, 15) is 0 Å². The van der Waals surface area contributed by atoms with E-state index in [0.717, 1.165) is 23.5 Å². The summed E-state index contributed by atoms with van der Waals surface area (Å²) in [5.41, 5.74) is 3.38. The number of hydrogen-bond acceptors (Lipinski definition) is 2. The van der Waals surface area contributed by atoms with Gasteiger partial charge in [-0.2, -0.15) is 0 Å². The molecule has 0 spiro atoms. The molecule has 0 aliphatic carbocycles. The minimum absolute atomic E-state index is 0.132. The largest absolute Gasteiger partial charge is 0.311 e. The summed E-state index contributed by atoms with van der Waals surface area (Å²) >= 11 is 0. The van der Waals surface area contributed by atoms with E-state index in [1.165, 1.54) is 0 Å². The smallest absolute Gasteiger partial charge is 0.0702 e. The molecule has 2 nitrogen and oxygen atoms in total. The monoisotopic (exact) mass is 284 g/mol. The van der Waals surface area contributed by atoms with E-state index < -0.39 is 0 Å². The van der Waals surface area contributed by atoms with Crippen LogP contribution in [0.5, 0.6) is 0 Å². The first-order valence-electron chi connectivity index (χ1n) is 7.55. The fourth-order valence-electron chi connectivity index (χ4n) is 1.95. The zero-order valence-corrected chi connectivity index (χ0v) is 14.0. The number of rotatable bonds is 6. The summed E-state index contributed by atoms with van der Waals surface area (Å²) < 4.78 is 0. The van der Waals surface area contributed by atoms with E-state index in [1.54, 1.807) is 6.08 Å². The number of aromatic nitrogens is 1. The number of pyridine rings is 1. The lowest BCUT2D eigenvalue weighted by Crippen LogP contribution is -2.38. The average molecular weight is 284 g/mol. The van der Waals surface area contributed by atoms with Crippen molar-refractivity contribution in [2.24, 2.45) is 0 Å². The zero-order chi connectivity index (χ0) is 15.9. The maximum Gasteiger partial charge on any atom is 0.0702 e. The van der Waals surface area contributed by atoms with Crippen molar-refractivity contribution >= 4 is 5.57 Å². The molecular weight excluding hydrogens is 256 g/mol. The average Bonchev–Trinajstić information content (AvgIpc) is 2.45. The van der Waals surface area contributed by atoms with Gasteiger partial charge < -0.3 is 5.32 Å². The van der Waals surface area contributed by atoms with Crippen molar-refractivity contribution in [1.82, 2.24) is 10.3 Å². The van der Waals surface area contributed by atoms with Crippen molar-refractivity contribution in [2.75, 3.05) is 6.54 Å². The van der Waals surface area contributed by atoms with Gasteiger partial charge in [-0.05, 0) is 45.4 Å². The molecule has 0 aliphatic heterocycles. The fourth-order valence-corrected chi connectivity index (χ4v) is 1.95. The first-order chi connectivity index (χ1) is 9.87. The molecule has 1 heterocycles. The normalized spacial score (nSPS) is 14.4. The lowest BCUT2D eigenvalue weighted by Gasteiger charge is -2.23. The molecule has 1 rings (SSSR count). The number of hydrogen-bond donors (Lipinski definition) is 1. The quantitative estimate of drug-likeness (QED) is 0.765. The Morgan fingerprint density at radius 1 is 1.38 bits per heavy atom. The number of nitrogens with one attached hydrogen (secondary N) is 1. The molecule has 2 heteroatoms. The second-order valence-corrected chi connectivity index (χ2v) is 6.32. The first kappa shape index (κ1) is 17.4. The van der Waals surface area contributed by atoms with Crippen LogP contribution in [0.1, 0.15) is 51.9 Å². The lowest BCUT2D eigenvalue weighted by molar-refractivity contribution is 0.410. The van der Waals surface area contributed by atoms with Crippen LogP contribution in [0.2, 0.25) is 0 Å². The molecule has 114 valence electrons. The van der Waals surface area contributed by atoms with E-state index in [1.807, 2.05) is 19.1 Å². The van der Waals surface area contributed by atoms with Crippen molar-refractivity contribution in [2.45, 2.75) is 46.1 Å². The Labute approximate surface area is 129 Å². The van der Waals surface area contributed by atoms with Gasteiger partial charge in [0.05, 0.1) is 5.69 Å². The molecule has 1 aromatic rings. The number of nitrogens with zero attached hydrogens (tertiary/aromatic N) is 1. The van der Waals surface area contributed by atoms with Gasteiger partial charge in [-0.3, -0.25) is 4.98 Å². The third kappa shape index (κ3) is 6.09. The predicted molar refractivity (Wildman–Crippen MR) is 93.4 cm³/mol. The molecule has 1 N–H and O–H groups in total. The van der Waals surface area contributed by atoms with Crippen molar-refractivity contribution in [3.8, 4) is 0 Å². The van der Waals surface area contributed by atoms with Gasteiger partial charge >= 0.3 is 0 Å². The van der Waals surface area contributed by atoms with Gasteiger partial charge in [-0.25, -0.2) is 0 Å². The maximum absolute atomic E-state index is 4.80. The molecule has 0 radical (unpaired) electrons. The van der Waals surface area contributed by atoms with Crippen LogP contribution in [-0.2, 0) is 0 Å². The third-order valence-corrected chi connectivity index (χ3v) is 3.23. The summed E-state index contributed by atoms with van der Waals surface area (Å²) in [6, 6.07) is 6.23. The van der Waals surface area contributed by atoms with Crippen LogP contribution in [0, 0.1) is 0 Å². The molecule has 1 unspecified atom stereocenters. The Balaban J connectivity index is 2.89. The van der Waals surface area contributed by atoms with Gasteiger partial charge in [0.2, 0.25) is 0 Å². The van der Waals surface area contributed by atoms with Crippen LogP contribution in [-0.4, -0.2) is 17.1 Å². The summed E-state index contributed by atoms with van der Waals surface area (Å²) in [4.78, 5) is 4.80. The highest BCUT2D eigenvalue weighted by atomic mass is 14.9. The molecule has 0 saturated heterocycles. The first-order valence-corrected chi connectivity index (χ1v) is 7.55. The fraction of sp³-hybridized carbons (Fsp3) is 0.421. The van der Waals surface area contributed by atoms with Crippen molar-refractivity contribution in [1.29, 1.82) is 0 Å². The van der Waals surface area contributed by atoms with E-state index in [-0.39, 0.29) is 5.54 Å². The van der Waals surface area contributed by atoms with Crippen LogP contribution in [0.15, 0.2) is 49.1 Å². The molecule has 1 aromatic heterocycles. The molecular formula is C19H28N2. The number of allylic oxidation sites excluding steroid dienone is 5. The summed E-state index contributed by atoms with van der Waals surface area (Å²) in [6.45, 7) is 15.4. The van der Waals surface area contributed by atoms with E-state index in [2.05, 4.69) is 63.9 Å². The Morgan fingerprint density at radius 3 is 2.67 bits per heavy atom. The van der Waals surface area contributed by atoms with E-state index in [4.69, 9.17) is 4.98 Å². The highest BCUT2D eigenvalue weighted by Gasteiger charge is 2.13. The molecule has 0 saturated carbocycles. The van der Waals surface area contributed by atoms with Crippen LogP contribution < -0.4 is 5.32 Å². The Morgan fingerprint density at radius 2 is 2.10 bits per heavy atom. The Kier molecular flexibility index (Phi) is 6.57. The Bertz CT molecular complexity index is 519. The molecule has 0 amide bonds. The molecule has 21 heavy (non-hydrogen) atoms. The lowest BCUT2D eigenvalue weighted by atomic mass is 10.0. The van der Waals surface area contributed by atoms with E-state index >= 15 is 0 Å². The molecule has 1 atom stereocenters. The highest BCUT2D eigenvalue weighted by molar-refractivity contribution is 5.71. The van der Waals surface area contributed by atoms with Crippen LogP contribution >= 0.6 is 0 Å². The standard InChI is InChI=1S/C19H28N2/c1-7-9-11-16(8-2)18-13-10-12-17(21-18)15(3)14-20-19(4,5)6/h7-13,15,20H,1,14H2,2-6H3/b11-9-,16-8+. The minimum Gasteiger partial charge on any atom is -0.311 e. The van der Waals surface area contributed by atoms with Crippen molar-refractivity contribution < 1.29 is 0 Å². The topological polar surface area (TPSA) is 24.9 Å². The molecule has 0 aliphatic rings. The van der Waals surface area contributed by atoms with Gasteiger partial charge in [0, 0.05) is 23.7 Å². The van der Waals surface area contributed by atoms with Gasteiger partial charge in [0.1, 0.15) is 0 Å². The zero-order valence-electron chi connectivity index (χ0n) is 14.0. The minimum atomic E-state index is 0.132. The van der Waals surface area contributed by atoms with Gasteiger partial charge in [-0.15, -0.1) is 0 Å². The highest BCUT2D eigenvalue weighted by Crippen LogP contribution is 2.18. The summed E-state index contributed by atoms with van der Waals surface area (Å²) in [5.74, 6) is 0.380. The summed E-state index contributed by atoms with van der Waals surface area (Å²) in [5, 5.41) is 3.54.